The van der Waals surface area contributed by atoms with Crippen LogP contribution in [0.25, 0.3) is 0 Å². The fraction of sp³-hybridized carbons (Fsp3) is 0.667. The summed E-state index contributed by atoms with van der Waals surface area (Å²) in [5.74, 6) is 0. The Hall–Kier alpha value is -0.830. The highest BCUT2D eigenvalue weighted by Crippen LogP contribution is 1.91. The van der Waals surface area contributed by atoms with Crippen LogP contribution in [-0.4, -0.2) is 31.0 Å². The van der Waals surface area contributed by atoms with Gasteiger partial charge in [0.15, 0.2) is 0 Å². The zero-order valence-corrected chi connectivity index (χ0v) is 8.30. The lowest BCUT2D eigenvalue weighted by atomic mass is 10.3. The van der Waals surface area contributed by atoms with Crippen LogP contribution in [-0.2, 0) is 0 Å². The molecule has 0 saturated carbocycles. The van der Waals surface area contributed by atoms with Gasteiger partial charge < -0.3 is 5.32 Å². The molecule has 0 heterocycles. The molecule has 0 aromatic rings. The molecule has 1 N–H and O–H groups in total. The molecule has 0 aromatic carbocycles. The zero-order chi connectivity index (χ0) is 9.40. The normalized spacial score (nSPS) is 11.4. The van der Waals surface area contributed by atoms with Crippen LogP contribution in [0, 0.1) is 0 Å². The van der Waals surface area contributed by atoms with Crippen molar-refractivity contribution in [1.29, 1.82) is 0 Å². The first-order valence-electron chi connectivity index (χ1n) is 4.29. The second-order valence-electron chi connectivity index (χ2n) is 2.68. The van der Waals surface area contributed by atoms with Gasteiger partial charge in [0.25, 0.3) is 0 Å². The molecule has 0 unspecified atom stereocenters. The maximum absolute atomic E-state index is 4.39. The Kier molecular flexibility index (Phi) is 6.38. The van der Waals surface area contributed by atoms with Gasteiger partial charge in [0.05, 0.1) is 13.2 Å². The average Bonchev–Trinajstić information content (AvgIpc) is 2.05. The van der Waals surface area contributed by atoms with Crippen LogP contribution in [0.5, 0.6) is 0 Å². The minimum atomic E-state index is 0.767. The van der Waals surface area contributed by atoms with Gasteiger partial charge in [-0.1, -0.05) is 13.0 Å². The molecule has 0 saturated heterocycles. The summed E-state index contributed by atoms with van der Waals surface area (Å²) in [4.78, 5) is 0. The monoisotopic (exact) mass is 169 g/mol. The van der Waals surface area contributed by atoms with Crippen molar-refractivity contribution in [1.82, 2.24) is 10.3 Å². The lowest BCUT2D eigenvalue weighted by molar-refractivity contribution is 0.302. The Morgan fingerprint density at radius 3 is 2.75 bits per heavy atom. The van der Waals surface area contributed by atoms with Gasteiger partial charge in [-0.2, -0.15) is 5.10 Å². The third-order valence-corrected chi connectivity index (χ3v) is 1.50. The lowest BCUT2D eigenvalue weighted by Gasteiger charge is -2.17. The van der Waals surface area contributed by atoms with Gasteiger partial charge in [0.1, 0.15) is 0 Å². The first-order chi connectivity index (χ1) is 5.74. The summed E-state index contributed by atoms with van der Waals surface area (Å²) < 4.78 is 0. The molecule has 0 aliphatic carbocycles. The molecule has 12 heavy (non-hydrogen) atoms. The third kappa shape index (κ3) is 4.91. The first-order valence-corrected chi connectivity index (χ1v) is 4.29. The lowest BCUT2D eigenvalue weighted by Crippen LogP contribution is -2.28. The minimum Gasteiger partial charge on any atom is -0.302 e. The van der Waals surface area contributed by atoms with Crippen LogP contribution < -0.4 is 5.32 Å². The van der Waals surface area contributed by atoms with Gasteiger partial charge in [0.2, 0.25) is 0 Å². The molecule has 0 aliphatic heterocycles. The quantitative estimate of drug-likeness (QED) is 0.282. The van der Waals surface area contributed by atoms with E-state index in [1.807, 2.05) is 25.1 Å². The molecule has 3 heteroatoms. The van der Waals surface area contributed by atoms with Crippen LogP contribution >= 0.6 is 0 Å². The molecular weight excluding hydrogens is 150 g/mol. The van der Waals surface area contributed by atoms with E-state index in [9.17, 15) is 0 Å². The van der Waals surface area contributed by atoms with Crippen LogP contribution in [0.3, 0.4) is 0 Å². The minimum absolute atomic E-state index is 0.767. The van der Waals surface area contributed by atoms with Crippen molar-refractivity contribution in [3.63, 3.8) is 0 Å². The van der Waals surface area contributed by atoms with Crippen LogP contribution in [0.15, 0.2) is 17.8 Å². The van der Waals surface area contributed by atoms with E-state index in [1.165, 1.54) is 0 Å². The molecular formula is C9H19N3. The van der Waals surface area contributed by atoms with E-state index < -0.39 is 0 Å². The van der Waals surface area contributed by atoms with Crippen molar-refractivity contribution in [2.75, 3.05) is 20.3 Å². The molecule has 3 nitrogen and oxygen atoms in total. The van der Waals surface area contributed by atoms with Crippen LogP contribution in [0.1, 0.15) is 20.3 Å². The van der Waals surface area contributed by atoms with E-state index in [-0.39, 0.29) is 0 Å². The molecule has 0 aliphatic rings. The molecule has 0 rings (SSSR count). The summed E-state index contributed by atoms with van der Waals surface area (Å²) in [6.45, 7) is 9.37. The van der Waals surface area contributed by atoms with Gasteiger partial charge >= 0.3 is 0 Å². The Labute approximate surface area is 75.1 Å². The second kappa shape index (κ2) is 6.85. The van der Waals surface area contributed by atoms with Crippen LogP contribution in [0.2, 0.25) is 0 Å². The van der Waals surface area contributed by atoms with Crippen molar-refractivity contribution in [3.8, 4) is 0 Å². The number of nitrogens with one attached hydrogen (secondary N) is 1. The SMILES string of the molecule is C=CCN(CNC)N=C(C)CC. The van der Waals surface area contributed by atoms with E-state index in [0.717, 1.165) is 25.3 Å². The summed E-state index contributed by atoms with van der Waals surface area (Å²) in [7, 11) is 1.91. The van der Waals surface area contributed by atoms with Crippen molar-refractivity contribution in [2.45, 2.75) is 20.3 Å². The predicted molar refractivity (Wildman–Crippen MR) is 54.2 cm³/mol. The Morgan fingerprint density at radius 2 is 2.33 bits per heavy atom. The summed E-state index contributed by atoms with van der Waals surface area (Å²) in [5.41, 5.74) is 1.15. The summed E-state index contributed by atoms with van der Waals surface area (Å²) in [6, 6.07) is 0. The number of hydrazone groups is 1. The van der Waals surface area contributed by atoms with Crippen molar-refractivity contribution >= 4 is 5.71 Å². The maximum Gasteiger partial charge on any atom is 0.0855 e. The van der Waals surface area contributed by atoms with Crippen molar-refractivity contribution < 1.29 is 0 Å². The summed E-state index contributed by atoms with van der Waals surface area (Å²) in [6.07, 6.45) is 2.85. The highest BCUT2D eigenvalue weighted by atomic mass is 15.5. The van der Waals surface area contributed by atoms with E-state index in [1.54, 1.807) is 0 Å². The van der Waals surface area contributed by atoms with Crippen molar-refractivity contribution in [3.05, 3.63) is 12.7 Å². The molecule has 0 spiro atoms. The number of nitrogens with zero attached hydrogens (tertiary/aromatic N) is 2. The van der Waals surface area contributed by atoms with E-state index in [4.69, 9.17) is 0 Å². The standard InChI is InChI=1S/C9H19N3/c1-5-7-12(8-10-4)11-9(3)6-2/h5,10H,1,6-8H2,2-4H3. The maximum atomic E-state index is 4.39. The van der Waals surface area contributed by atoms with Crippen LogP contribution in [0.4, 0.5) is 0 Å². The average molecular weight is 169 g/mol. The van der Waals surface area contributed by atoms with Gasteiger partial charge in [-0.15, -0.1) is 6.58 Å². The van der Waals surface area contributed by atoms with E-state index >= 15 is 0 Å². The Morgan fingerprint density at radius 1 is 1.67 bits per heavy atom. The summed E-state index contributed by atoms with van der Waals surface area (Å²) >= 11 is 0. The first kappa shape index (κ1) is 11.2. The van der Waals surface area contributed by atoms with Gasteiger partial charge in [-0.25, -0.2) is 0 Å². The fourth-order valence-corrected chi connectivity index (χ4v) is 0.784. The zero-order valence-electron chi connectivity index (χ0n) is 8.30. The molecule has 70 valence electrons. The largest absolute Gasteiger partial charge is 0.302 e. The Balaban J connectivity index is 4.00. The molecule has 0 aromatic heterocycles. The third-order valence-electron chi connectivity index (χ3n) is 1.50. The molecule has 0 radical (unpaired) electrons. The van der Waals surface area contributed by atoms with Gasteiger partial charge in [0, 0.05) is 5.71 Å². The summed E-state index contributed by atoms with van der Waals surface area (Å²) in [5, 5.41) is 9.39. The highest BCUT2D eigenvalue weighted by Gasteiger charge is 1.95. The number of hydrogen-bond donors (Lipinski definition) is 1. The second-order valence-corrected chi connectivity index (χ2v) is 2.68. The number of rotatable bonds is 6. The Bertz CT molecular complexity index is 152. The van der Waals surface area contributed by atoms with E-state index in [2.05, 4.69) is 23.9 Å². The molecule has 0 fully saturated rings. The number of hydrogen-bond acceptors (Lipinski definition) is 3. The van der Waals surface area contributed by atoms with Gasteiger partial charge in [-0.05, 0) is 20.4 Å². The molecule has 0 bridgehead atoms. The molecule has 0 amide bonds. The fourth-order valence-electron chi connectivity index (χ4n) is 0.784. The van der Waals surface area contributed by atoms with Gasteiger partial charge in [-0.3, -0.25) is 5.01 Å². The smallest absolute Gasteiger partial charge is 0.0855 e. The highest BCUT2D eigenvalue weighted by molar-refractivity contribution is 5.81. The van der Waals surface area contributed by atoms with E-state index in [0.29, 0.717) is 0 Å². The van der Waals surface area contributed by atoms with Crippen molar-refractivity contribution in [2.24, 2.45) is 5.10 Å². The molecule has 0 atom stereocenters. The predicted octanol–water partition coefficient (Wildman–Crippen LogP) is 1.44. The topological polar surface area (TPSA) is 27.6 Å².